The predicted octanol–water partition coefficient (Wildman–Crippen LogP) is 4.23. The van der Waals surface area contributed by atoms with Crippen molar-refractivity contribution in [1.29, 1.82) is 0 Å². The van der Waals surface area contributed by atoms with E-state index in [1.54, 1.807) is 6.21 Å². The number of hydrogen-bond donors (Lipinski definition) is 0. The van der Waals surface area contributed by atoms with Gasteiger partial charge < -0.3 is 9.74 Å². The molecular formula is C19H22N2O. The second kappa shape index (κ2) is 7.64. The Labute approximate surface area is 132 Å². The van der Waals surface area contributed by atoms with Crippen LogP contribution >= 0.6 is 0 Å². The minimum absolute atomic E-state index is 0.503. The number of rotatable bonds is 5. The number of oxime groups is 1. The fourth-order valence-corrected chi connectivity index (χ4v) is 2.71. The van der Waals surface area contributed by atoms with Gasteiger partial charge in [-0.25, -0.2) is 0 Å². The first kappa shape index (κ1) is 14.6. The van der Waals surface area contributed by atoms with Crippen molar-refractivity contribution in [1.82, 2.24) is 0 Å². The summed E-state index contributed by atoms with van der Waals surface area (Å²) in [5.41, 5.74) is 3.50. The van der Waals surface area contributed by atoms with E-state index in [0.29, 0.717) is 6.61 Å². The molecule has 1 saturated heterocycles. The highest BCUT2D eigenvalue weighted by Gasteiger charge is 2.10. The van der Waals surface area contributed by atoms with Gasteiger partial charge in [-0.2, -0.15) is 0 Å². The van der Waals surface area contributed by atoms with E-state index >= 15 is 0 Å². The molecule has 114 valence electrons. The van der Waals surface area contributed by atoms with Crippen LogP contribution in [0.3, 0.4) is 0 Å². The molecule has 0 N–H and O–H groups in total. The fourth-order valence-electron chi connectivity index (χ4n) is 2.71. The Hall–Kier alpha value is -2.29. The Morgan fingerprint density at radius 3 is 2.36 bits per heavy atom. The average Bonchev–Trinajstić information content (AvgIpc) is 2.61. The molecular weight excluding hydrogens is 272 g/mol. The van der Waals surface area contributed by atoms with E-state index in [1.807, 2.05) is 30.3 Å². The third-order valence-electron chi connectivity index (χ3n) is 3.96. The normalized spacial score (nSPS) is 15.2. The molecule has 1 aliphatic rings. The Morgan fingerprint density at radius 1 is 0.909 bits per heavy atom. The molecule has 2 aromatic carbocycles. The quantitative estimate of drug-likeness (QED) is 0.609. The lowest BCUT2D eigenvalue weighted by atomic mass is 10.1. The Kier molecular flexibility index (Phi) is 5.09. The van der Waals surface area contributed by atoms with E-state index in [1.165, 1.54) is 38.0 Å². The van der Waals surface area contributed by atoms with Crippen LogP contribution in [0.25, 0.3) is 0 Å². The molecule has 0 amide bonds. The molecule has 0 unspecified atom stereocenters. The Morgan fingerprint density at radius 2 is 1.64 bits per heavy atom. The van der Waals surface area contributed by atoms with E-state index in [9.17, 15) is 0 Å². The highest BCUT2D eigenvalue weighted by Crippen LogP contribution is 2.19. The van der Waals surface area contributed by atoms with E-state index in [0.717, 1.165) is 11.1 Å². The maximum atomic E-state index is 5.33. The lowest BCUT2D eigenvalue weighted by Crippen LogP contribution is -2.29. The second-order valence-corrected chi connectivity index (χ2v) is 5.63. The number of benzene rings is 2. The summed E-state index contributed by atoms with van der Waals surface area (Å²) in [6.45, 7) is 2.85. The summed E-state index contributed by atoms with van der Waals surface area (Å²) < 4.78 is 0. The van der Waals surface area contributed by atoms with E-state index in [4.69, 9.17) is 4.84 Å². The molecule has 0 atom stereocenters. The summed E-state index contributed by atoms with van der Waals surface area (Å²) in [4.78, 5) is 7.78. The lowest BCUT2D eigenvalue weighted by molar-refractivity contribution is 0.132. The van der Waals surface area contributed by atoms with Gasteiger partial charge in [0, 0.05) is 18.8 Å². The highest BCUT2D eigenvalue weighted by molar-refractivity contribution is 5.79. The van der Waals surface area contributed by atoms with Crippen LogP contribution in [0.4, 0.5) is 5.69 Å². The van der Waals surface area contributed by atoms with Gasteiger partial charge in [0.1, 0.15) is 6.61 Å². The summed E-state index contributed by atoms with van der Waals surface area (Å²) in [5.74, 6) is 0. The van der Waals surface area contributed by atoms with Crippen molar-refractivity contribution in [3.8, 4) is 0 Å². The third-order valence-corrected chi connectivity index (χ3v) is 3.96. The first-order chi connectivity index (χ1) is 10.9. The van der Waals surface area contributed by atoms with Crippen LogP contribution in [0.2, 0.25) is 0 Å². The number of piperidine rings is 1. The maximum Gasteiger partial charge on any atom is 0.142 e. The van der Waals surface area contributed by atoms with Gasteiger partial charge in [0.2, 0.25) is 0 Å². The van der Waals surface area contributed by atoms with Crippen LogP contribution in [-0.4, -0.2) is 19.3 Å². The lowest BCUT2D eigenvalue weighted by Gasteiger charge is -2.28. The number of anilines is 1. The molecule has 1 fully saturated rings. The van der Waals surface area contributed by atoms with Crippen molar-refractivity contribution in [3.05, 3.63) is 65.7 Å². The largest absolute Gasteiger partial charge is 0.391 e. The van der Waals surface area contributed by atoms with Gasteiger partial charge in [0.05, 0.1) is 6.21 Å². The van der Waals surface area contributed by atoms with Gasteiger partial charge in [-0.1, -0.05) is 47.6 Å². The molecule has 0 aliphatic carbocycles. The van der Waals surface area contributed by atoms with Crippen LogP contribution in [0.15, 0.2) is 59.8 Å². The maximum absolute atomic E-state index is 5.33. The number of hydrogen-bond acceptors (Lipinski definition) is 3. The van der Waals surface area contributed by atoms with Crippen LogP contribution in [0.5, 0.6) is 0 Å². The van der Waals surface area contributed by atoms with Crippen molar-refractivity contribution < 1.29 is 4.84 Å². The van der Waals surface area contributed by atoms with Gasteiger partial charge in [-0.3, -0.25) is 0 Å². The summed E-state index contributed by atoms with van der Waals surface area (Å²) in [7, 11) is 0. The van der Waals surface area contributed by atoms with E-state index in [-0.39, 0.29) is 0 Å². The molecule has 3 heteroatoms. The van der Waals surface area contributed by atoms with Crippen LogP contribution in [0, 0.1) is 0 Å². The van der Waals surface area contributed by atoms with Gasteiger partial charge in [-0.15, -0.1) is 0 Å². The molecule has 0 bridgehead atoms. The molecule has 22 heavy (non-hydrogen) atoms. The summed E-state index contributed by atoms with van der Waals surface area (Å²) in [5, 5.41) is 4.04. The monoisotopic (exact) mass is 294 g/mol. The zero-order chi connectivity index (χ0) is 15.0. The molecule has 1 heterocycles. The standard InChI is InChI=1S/C19H22N2O/c1-3-7-18(8-4-1)16-22-20-15-17-9-11-19(12-10-17)21-13-5-2-6-14-21/h1,3-4,7-12,15H,2,5-6,13-14,16H2/b20-15-. The second-order valence-electron chi connectivity index (χ2n) is 5.63. The third kappa shape index (κ3) is 4.10. The summed E-state index contributed by atoms with van der Waals surface area (Å²) in [6.07, 6.45) is 5.73. The molecule has 0 saturated carbocycles. The van der Waals surface area contributed by atoms with Crippen molar-refractivity contribution in [2.45, 2.75) is 25.9 Å². The SMILES string of the molecule is C(=N/OCc1ccccc1)/c1ccc(N2CCCCC2)cc1. The highest BCUT2D eigenvalue weighted by atomic mass is 16.6. The predicted molar refractivity (Wildman–Crippen MR) is 91.3 cm³/mol. The molecule has 3 nitrogen and oxygen atoms in total. The average molecular weight is 294 g/mol. The molecule has 0 aromatic heterocycles. The van der Waals surface area contributed by atoms with Gasteiger partial charge in [0.25, 0.3) is 0 Å². The minimum Gasteiger partial charge on any atom is -0.391 e. The van der Waals surface area contributed by atoms with Gasteiger partial charge >= 0.3 is 0 Å². The molecule has 1 aliphatic heterocycles. The van der Waals surface area contributed by atoms with E-state index < -0.39 is 0 Å². The topological polar surface area (TPSA) is 24.8 Å². The van der Waals surface area contributed by atoms with Gasteiger partial charge in [-0.05, 0) is 42.5 Å². The molecule has 3 rings (SSSR count). The Bertz CT molecular complexity index is 587. The Balaban J connectivity index is 1.51. The molecule has 2 aromatic rings. The number of nitrogens with zero attached hydrogens (tertiary/aromatic N) is 2. The van der Waals surface area contributed by atoms with Crippen molar-refractivity contribution in [2.75, 3.05) is 18.0 Å². The molecule has 0 spiro atoms. The smallest absolute Gasteiger partial charge is 0.142 e. The van der Waals surface area contributed by atoms with Crippen LogP contribution in [-0.2, 0) is 11.4 Å². The zero-order valence-corrected chi connectivity index (χ0v) is 12.8. The van der Waals surface area contributed by atoms with Crippen LogP contribution < -0.4 is 4.90 Å². The van der Waals surface area contributed by atoms with Gasteiger partial charge in [0.15, 0.2) is 0 Å². The first-order valence-electron chi connectivity index (χ1n) is 7.96. The van der Waals surface area contributed by atoms with Crippen molar-refractivity contribution in [2.24, 2.45) is 5.16 Å². The summed E-state index contributed by atoms with van der Waals surface area (Å²) >= 11 is 0. The minimum atomic E-state index is 0.503. The zero-order valence-electron chi connectivity index (χ0n) is 12.8. The van der Waals surface area contributed by atoms with Crippen molar-refractivity contribution >= 4 is 11.9 Å². The van der Waals surface area contributed by atoms with E-state index in [2.05, 4.69) is 34.3 Å². The first-order valence-corrected chi connectivity index (χ1v) is 7.96. The molecule has 0 radical (unpaired) electrons. The van der Waals surface area contributed by atoms with Crippen LogP contribution in [0.1, 0.15) is 30.4 Å². The fraction of sp³-hybridized carbons (Fsp3) is 0.316. The summed E-state index contributed by atoms with van der Waals surface area (Å²) in [6, 6.07) is 18.6. The van der Waals surface area contributed by atoms with Crippen molar-refractivity contribution in [3.63, 3.8) is 0 Å².